The van der Waals surface area contributed by atoms with Crippen molar-refractivity contribution in [1.82, 2.24) is 15.1 Å². The Morgan fingerprint density at radius 1 is 1.45 bits per heavy atom. The lowest BCUT2D eigenvalue weighted by molar-refractivity contribution is -0.135. The maximum Gasteiger partial charge on any atom is 0.239 e. The Kier molecular flexibility index (Phi) is 9.54. The summed E-state index contributed by atoms with van der Waals surface area (Å²) in [5, 5.41) is 2.77. The SMILES string of the molecule is CCCNC(=O)CN(C)C(=O)CN1CCCC1CN.Cl. The minimum atomic E-state index is -0.102. The number of amides is 2. The highest BCUT2D eigenvalue weighted by atomic mass is 35.5. The summed E-state index contributed by atoms with van der Waals surface area (Å²) < 4.78 is 0. The number of carbonyl (C=O) groups excluding carboxylic acids is 2. The number of carbonyl (C=O) groups is 2. The second-order valence-corrected chi connectivity index (χ2v) is 5.10. The summed E-state index contributed by atoms with van der Waals surface area (Å²) >= 11 is 0. The molecule has 0 aliphatic carbocycles. The predicted molar refractivity (Wildman–Crippen MR) is 81.8 cm³/mol. The number of rotatable bonds is 7. The van der Waals surface area contributed by atoms with Crippen LogP contribution < -0.4 is 11.1 Å². The Hall–Kier alpha value is -0.850. The van der Waals surface area contributed by atoms with E-state index in [1.54, 1.807) is 7.05 Å². The largest absolute Gasteiger partial charge is 0.355 e. The molecular weight excluding hydrogens is 280 g/mol. The lowest BCUT2D eigenvalue weighted by Gasteiger charge is -2.25. The van der Waals surface area contributed by atoms with E-state index in [1.807, 2.05) is 6.92 Å². The number of halogens is 1. The summed E-state index contributed by atoms with van der Waals surface area (Å²) in [6.07, 6.45) is 3.05. The van der Waals surface area contributed by atoms with Gasteiger partial charge in [0.15, 0.2) is 0 Å². The van der Waals surface area contributed by atoms with Crippen molar-refractivity contribution in [3.8, 4) is 0 Å². The van der Waals surface area contributed by atoms with Crippen molar-refractivity contribution in [3.05, 3.63) is 0 Å². The van der Waals surface area contributed by atoms with Crippen molar-refractivity contribution in [2.24, 2.45) is 5.73 Å². The fraction of sp³-hybridized carbons (Fsp3) is 0.846. The van der Waals surface area contributed by atoms with E-state index < -0.39 is 0 Å². The Morgan fingerprint density at radius 2 is 2.15 bits per heavy atom. The second kappa shape index (κ2) is 9.96. The van der Waals surface area contributed by atoms with Gasteiger partial charge >= 0.3 is 0 Å². The fourth-order valence-electron chi connectivity index (χ4n) is 2.29. The molecule has 0 aromatic rings. The van der Waals surface area contributed by atoms with Gasteiger partial charge in [0.1, 0.15) is 0 Å². The minimum Gasteiger partial charge on any atom is -0.355 e. The first-order valence-electron chi connectivity index (χ1n) is 7.03. The first kappa shape index (κ1) is 19.1. The zero-order valence-electron chi connectivity index (χ0n) is 12.4. The molecule has 1 atom stereocenters. The van der Waals surface area contributed by atoms with Gasteiger partial charge in [-0.15, -0.1) is 12.4 Å². The molecule has 20 heavy (non-hydrogen) atoms. The monoisotopic (exact) mass is 306 g/mol. The molecule has 0 spiro atoms. The molecule has 0 saturated carbocycles. The maximum absolute atomic E-state index is 12.0. The molecule has 0 bridgehead atoms. The first-order chi connectivity index (χ1) is 9.08. The van der Waals surface area contributed by atoms with Crippen molar-refractivity contribution in [2.75, 3.05) is 39.8 Å². The molecule has 1 saturated heterocycles. The van der Waals surface area contributed by atoms with Crippen LogP contribution in [0.15, 0.2) is 0 Å². The highest BCUT2D eigenvalue weighted by molar-refractivity contribution is 5.85. The first-order valence-corrected chi connectivity index (χ1v) is 7.03. The lowest BCUT2D eigenvalue weighted by Crippen LogP contribution is -2.45. The van der Waals surface area contributed by atoms with Crippen LogP contribution in [-0.4, -0.2) is 67.4 Å². The third-order valence-electron chi connectivity index (χ3n) is 3.49. The van der Waals surface area contributed by atoms with Crippen molar-refractivity contribution in [1.29, 1.82) is 0 Å². The summed E-state index contributed by atoms with van der Waals surface area (Å²) in [4.78, 5) is 27.2. The molecule has 1 rings (SSSR count). The van der Waals surface area contributed by atoms with E-state index in [9.17, 15) is 9.59 Å². The summed E-state index contributed by atoms with van der Waals surface area (Å²) in [6, 6.07) is 0.311. The van der Waals surface area contributed by atoms with Crippen LogP contribution in [0, 0.1) is 0 Å². The Morgan fingerprint density at radius 3 is 2.75 bits per heavy atom. The van der Waals surface area contributed by atoms with E-state index in [2.05, 4.69) is 10.2 Å². The summed E-state index contributed by atoms with van der Waals surface area (Å²) in [5.74, 6) is -0.124. The van der Waals surface area contributed by atoms with Crippen molar-refractivity contribution in [3.63, 3.8) is 0 Å². The third kappa shape index (κ3) is 6.07. The topological polar surface area (TPSA) is 78.7 Å². The van der Waals surface area contributed by atoms with E-state index in [-0.39, 0.29) is 30.8 Å². The van der Waals surface area contributed by atoms with Crippen LogP contribution >= 0.6 is 12.4 Å². The molecule has 6 nitrogen and oxygen atoms in total. The van der Waals surface area contributed by atoms with E-state index in [0.29, 0.717) is 25.7 Å². The van der Waals surface area contributed by atoms with Gasteiger partial charge in [0.2, 0.25) is 11.8 Å². The molecule has 2 amide bonds. The molecule has 1 heterocycles. The van der Waals surface area contributed by atoms with E-state index in [0.717, 1.165) is 25.8 Å². The van der Waals surface area contributed by atoms with Crippen molar-refractivity contribution >= 4 is 24.2 Å². The Balaban J connectivity index is 0.00000361. The van der Waals surface area contributed by atoms with E-state index in [1.165, 1.54) is 4.90 Å². The molecular formula is C13H27ClN4O2. The maximum atomic E-state index is 12.0. The molecule has 118 valence electrons. The Labute approximate surface area is 127 Å². The second-order valence-electron chi connectivity index (χ2n) is 5.10. The van der Waals surface area contributed by atoms with Gasteiger partial charge in [0, 0.05) is 26.2 Å². The molecule has 7 heteroatoms. The smallest absolute Gasteiger partial charge is 0.239 e. The van der Waals surface area contributed by atoms with Gasteiger partial charge in [-0.25, -0.2) is 0 Å². The Bertz CT molecular complexity index is 315. The summed E-state index contributed by atoms with van der Waals surface area (Å²) in [6.45, 7) is 4.65. The normalized spacial score (nSPS) is 18.4. The molecule has 1 fully saturated rings. The van der Waals surface area contributed by atoms with Crippen LogP contribution in [0.3, 0.4) is 0 Å². The molecule has 0 radical (unpaired) electrons. The van der Waals surface area contributed by atoms with Gasteiger partial charge in [-0.1, -0.05) is 6.92 Å². The number of hydrogen-bond acceptors (Lipinski definition) is 4. The summed E-state index contributed by atoms with van der Waals surface area (Å²) in [5.41, 5.74) is 5.68. The van der Waals surface area contributed by atoms with Crippen molar-refractivity contribution in [2.45, 2.75) is 32.2 Å². The van der Waals surface area contributed by atoms with Gasteiger partial charge < -0.3 is 16.0 Å². The van der Waals surface area contributed by atoms with Crippen molar-refractivity contribution < 1.29 is 9.59 Å². The van der Waals surface area contributed by atoms with Gasteiger partial charge in [-0.2, -0.15) is 0 Å². The molecule has 1 aliphatic heterocycles. The van der Waals surface area contributed by atoms with Crippen LogP contribution in [0.1, 0.15) is 26.2 Å². The average molecular weight is 307 g/mol. The van der Waals surface area contributed by atoms with E-state index in [4.69, 9.17) is 5.73 Å². The van der Waals surface area contributed by atoms with Gasteiger partial charge in [-0.05, 0) is 25.8 Å². The highest BCUT2D eigenvalue weighted by Crippen LogP contribution is 2.15. The minimum absolute atomic E-state index is 0. The zero-order chi connectivity index (χ0) is 14.3. The number of nitrogens with zero attached hydrogens (tertiary/aromatic N) is 2. The fourth-order valence-corrected chi connectivity index (χ4v) is 2.29. The standard InChI is InChI=1S/C13H26N4O2.ClH/c1-3-6-15-12(18)9-16(2)13(19)10-17-7-4-5-11(17)8-14;/h11H,3-10,14H2,1-2H3,(H,15,18);1H. The zero-order valence-corrected chi connectivity index (χ0v) is 13.2. The lowest BCUT2D eigenvalue weighted by atomic mass is 10.2. The van der Waals surface area contributed by atoms with E-state index >= 15 is 0 Å². The number of likely N-dealkylation sites (N-methyl/N-ethyl adjacent to an activating group) is 1. The predicted octanol–water partition coefficient (Wildman–Crippen LogP) is -0.184. The van der Waals surface area contributed by atoms with Gasteiger partial charge in [-0.3, -0.25) is 14.5 Å². The number of nitrogens with two attached hydrogens (primary N) is 1. The molecule has 0 aromatic carbocycles. The average Bonchev–Trinajstić information content (AvgIpc) is 2.83. The summed E-state index contributed by atoms with van der Waals surface area (Å²) in [7, 11) is 1.67. The third-order valence-corrected chi connectivity index (χ3v) is 3.49. The number of hydrogen-bond donors (Lipinski definition) is 2. The molecule has 1 aliphatic rings. The molecule has 3 N–H and O–H groups in total. The van der Waals surface area contributed by atoms with Crippen LogP contribution in [0.2, 0.25) is 0 Å². The van der Waals surface area contributed by atoms with Crippen LogP contribution in [-0.2, 0) is 9.59 Å². The van der Waals surface area contributed by atoms with Gasteiger partial charge in [0.05, 0.1) is 13.1 Å². The molecule has 0 aromatic heterocycles. The highest BCUT2D eigenvalue weighted by Gasteiger charge is 2.26. The van der Waals surface area contributed by atoms with Crippen LogP contribution in [0.4, 0.5) is 0 Å². The number of nitrogens with one attached hydrogen (secondary N) is 1. The number of likely N-dealkylation sites (tertiary alicyclic amines) is 1. The van der Waals surface area contributed by atoms with Crippen LogP contribution in [0.5, 0.6) is 0 Å². The molecule has 1 unspecified atom stereocenters. The quantitative estimate of drug-likeness (QED) is 0.684. The van der Waals surface area contributed by atoms with Crippen LogP contribution in [0.25, 0.3) is 0 Å². The van der Waals surface area contributed by atoms with Gasteiger partial charge in [0.25, 0.3) is 0 Å².